The topological polar surface area (TPSA) is 99.1 Å². The standard InChI is InChI=1S/C24H24F3N5O3.CH4/c1-2-34-20-4-3-9-29-23(20)35-19-10-15(11-28-14-19)21-30-12-16(13-31-21)22(33)32-18-7-5-17(6-8-18)24(25,26)27;/h3-4,9-14,17-18H,2,5-8H2,1H3,(H,32,33);1H4. The largest absolute Gasteiger partial charge is 0.488 e. The second-order valence-electron chi connectivity index (χ2n) is 8.11. The van der Waals surface area contributed by atoms with E-state index in [1.165, 1.54) is 18.6 Å². The van der Waals surface area contributed by atoms with Crippen molar-refractivity contribution >= 4 is 5.91 Å². The van der Waals surface area contributed by atoms with Crippen LogP contribution in [0.3, 0.4) is 0 Å². The first-order valence-corrected chi connectivity index (χ1v) is 11.2. The Kier molecular flexibility index (Phi) is 8.78. The van der Waals surface area contributed by atoms with Crippen molar-refractivity contribution in [3.05, 3.63) is 54.7 Å². The first-order valence-electron chi connectivity index (χ1n) is 11.2. The van der Waals surface area contributed by atoms with Crippen molar-refractivity contribution < 1.29 is 27.4 Å². The molecule has 8 nitrogen and oxygen atoms in total. The Balaban J connectivity index is 0.00000361. The minimum absolute atomic E-state index is 0. The molecule has 0 atom stereocenters. The van der Waals surface area contributed by atoms with Crippen LogP contribution in [0.15, 0.2) is 49.2 Å². The number of ether oxygens (including phenoxy) is 2. The summed E-state index contributed by atoms with van der Waals surface area (Å²) >= 11 is 0. The zero-order chi connectivity index (χ0) is 24.8. The normalized spacial score (nSPS) is 17.6. The van der Waals surface area contributed by atoms with Gasteiger partial charge < -0.3 is 14.8 Å². The van der Waals surface area contributed by atoms with Gasteiger partial charge in [-0.05, 0) is 50.8 Å². The lowest BCUT2D eigenvalue weighted by atomic mass is 9.85. The Morgan fingerprint density at radius 2 is 1.81 bits per heavy atom. The van der Waals surface area contributed by atoms with E-state index in [1.807, 2.05) is 6.92 Å². The summed E-state index contributed by atoms with van der Waals surface area (Å²) < 4.78 is 49.8. The monoisotopic (exact) mass is 503 g/mol. The number of carbonyl (C=O) groups excluding carboxylic acids is 1. The predicted molar refractivity (Wildman–Crippen MR) is 127 cm³/mol. The average Bonchev–Trinajstić information content (AvgIpc) is 2.85. The van der Waals surface area contributed by atoms with Gasteiger partial charge in [0, 0.05) is 36.4 Å². The number of rotatable bonds is 7. The Hall–Kier alpha value is -3.76. The number of nitrogens with one attached hydrogen (secondary N) is 1. The van der Waals surface area contributed by atoms with Gasteiger partial charge in [-0.2, -0.15) is 13.2 Å². The third-order valence-corrected chi connectivity index (χ3v) is 5.66. The summed E-state index contributed by atoms with van der Waals surface area (Å²) in [6.07, 6.45) is 3.83. The van der Waals surface area contributed by atoms with E-state index in [4.69, 9.17) is 9.47 Å². The highest BCUT2D eigenvalue weighted by atomic mass is 19.4. The predicted octanol–water partition coefficient (Wildman–Crippen LogP) is 5.61. The molecule has 0 spiro atoms. The van der Waals surface area contributed by atoms with Crippen molar-refractivity contribution in [2.45, 2.75) is 52.3 Å². The summed E-state index contributed by atoms with van der Waals surface area (Å²) in [5.41, 5.74) is 0.788. The summed E-state index contributed by atoms with van der Waals surface area (Å²) in [7, 11) is 0. The number of hydrogen-bond donors (Lipinski definition) is 1. The molecule has 36 heavy (non-hydrogen) atoms. The van der Waals surface area contributed by atoms with Crippen LogP contribution in [0.4, 0.5) is 13.2 Å². The van der Waals surface area contributed by atoms with Crippen LogP contribution in [-0.2, 0) is 0 Å². The molecule has 1 aliphatic rings. The maximum atomic E-state index is 12.8. The van der Waals surface area contributed by atoms with Gasteiger partial charge in [0.05, 0.1) is 24.3 Å². The van der Waals surface area contributed by atoms with Gasteiger partial charge in [0.1, 0.15) is 5.75 Å². The highest BCUT2D eigenvalue weighted by molar-refractivity contribution is 5.93. The molecule has 1 fully saturated rings. The molecule has 0 aliphatic heterocycles. The van der Waals surface area contributed by atoms with Gasteiger partial charge in [-0.3, -0.25) is 9.78 Å². The van der Waals surface area contributed by atoms with Gasteiger partial charge in [-0.15, -0.1) is 0 Å². The molecule has 3 aromatic heterocycles. The van der Waals surface area contributed by atoms with E-state index >= 15 is 0 Å². The molecule has 11 heteroatoms. The lowest BCUT2D eigenvalue weighted by molar-refractivity contribution is -0.182. The summed E-state index contributed by atoms with van der Waals surface area (Å²) in [5, 5.41) is 2.78. The second kappa shape index (κ2) is 11.8. The van der Waals surface area contributed by atoms with Crippen LogP contribution in [-0.4, -0.2) is 44.7 Å². The number of carbonyl (C=O) groups is 1. The van der Waals surface area contributed by atoms with E-state index in [0.717, 1.165) is 0 Å². The molecule has 0 saturated heterocycles. The Bertz CT molecular complexity index is 1150. The van der Waals surface area contributed by atoms with Gasteiger partial charge >= 0.3 is 6.18 Å². The van der Waals surface area contributed by atoms with E-state index in [1.54, 1.807) is 30.6 Å². The van der Waals surface area contributed by atoms with Gasteiger partial charge in [0.2, 0.25) is 0 Å². The number of aromatic nitrogens is 4. The van der Waals surface area contributed by atoms with Crippen LogP contribution >= 0.6 is 0 Å². The van der Waals surface area contributed by atoms with Crippen molar-refractivity contribution in [2.24, 2.45) is 5.92 Å². The van der Waals surface area contributed by atoms with Gasteiger partial charge in [-0.1, -0.05) is 7.43 Å². The Morgan fingerprint density at radius 3 is 2.47 bits per heavy atom. The molecule has 1 N–H and O–H groups in total. The van der Waals surface area contributed by atoms with Crippen LogP contribution in [0.2, 0.25) is 0 Å². The van der Waals surface area contributed by atoms with Crippen LogP contribution < -0.4 is 14.8 Å². The summed E-state index contributed by atoms with van der Waals surface area (Å²) in [6, 6.07) is 4.88. The van der Waals surface area contributed by atoms with Gasteiger partial charge in [-0.25, -0.2) is 15.0 Å². The summed E-state index contributed by atoms with van der Waals surface area (Å²) in [5.74, 6) is -0.182. The number of pyridine rings is 2. The molecule has 1 amide bonds. The smallest absolute Gasteiger partial charge is 0.391 e. The lowest BCUT2D eigenvalue weighted by Gasteiger charge is -2.30. The van der Waals surface area contributed by atoms with E-state index in [2.05, 4.69) is 25.3 Å². The molecule has 3 heterocycles. The van der Waals surface area contributed by atoms with Crippen molar-refractivity contribution in [1.29, 1.82) is 0 Å². The van der Waals surface area contributed by atoms with Crippen molar-refractivity contribution in [1.82, 2.24) is 25.3 Å². The highest BCUT2D eigenvalue weighted by Gasteiger charge is 2.41. The third-order valence-electron chi connectivity index (χ3n) is 5.66. The van der Waals surface area contributed by atoms with Crippen LogP contribution in [0.25, 0.3) is 11.4 Å². The van der Waals surface area contributed by atoms with E-state index in [9.17, 15) is 18.0 Å². The first-order chi connectivity index (χ1) is 16.8. The molecular weight excluding hydrogens is 475 g/mol. The average molecular weight is 504 g/mol. The van der Waals surface area contributed by atoms with E-state index in [0.29, 0.717) is 35.4 Å². The van der Waals surface area contributed by atoms with E-state index in [-0.39, 0.29) is 44.7 Å². The van der Waals surface area contributed by atoms with Gasteiger partial charge in [0.15, 0.2) is 11.6 Å². The highest BCUT2D eigenvalue weighted by Crippen LogP contribution is 2.37. The molecule has 192 valence electrons. The quantitative estimate of drug-likeness (QED) is 0.447. The summed E-state index contributed by atoms with van der Waals surface area (Å²) in [6.45, 7) is 2.32. The van der Waals surface area contributed by atoms with E-state index < -0.39 is 18.0 Å². The number of alkyl halides is 3. The minimum atomic E-state index is -4.18. The van der Waals surface area contributed by atoms with Crippen LogP contribution in [0.5, 0.6) is 17.4 Å². The fourth-order valence-electron chi connectivity index (χ4n) is 3.85. The number of nitrogens with zero attached hydrogens (tertiary/aromatic N) is 4. The molecule has 0 bridgehead atoms. The first kappa shape index (κ1) is 26.8. The minimum Gasteiger partial charge on any atom is -0.488 e. The van der Waals surface area contributed by atoms with Crippen molar-refractivity contribution in [3.63, 3.8) is 0 Å². The maximum absolute atomic E-state index is 12.8. The van der Waals surface area contributed by atoms with Crippen molar-refractivity contribution in [2.75, 3.05) is 6.61 Å². The SMILES string of the molecule is C.CCOc1cccnc1Oc1cncc(-c2ncc(C(=O)NC3CCC(C(F)(F)F)CC3)cn2)c1. The fourth-order valence-corrected chi connectivity index (χ4v) is 3.85. The molecule has 4 rings (SSSR count). The maximum Gasteiger partial charge on any atom is 0.391 e. The third kappa shape index (κ3) is 6.67. The second-order valence-corrected chi connectivity index (χ2v) is 8.11. The zero-order valence-corrected chi connectivity index (χ0v) is 19.0. The molecular formula is C25H28F3N5O3. The molecule has 1 aliphatic carbocycles. The number of amides is 1. The Labute approximate surface area is 207 Å². The molecule has 3 aromatic rings. The van der Waals surface area contributed by atoms with Crippen LogP contribution in [0.1, 0.15) is 50.4 Å². The zero-order valence-electron chi connectivity index (χ0n) is 19.0. The number of halogens is 3. The summed E-state index contributed by atoms with van der Waals surface area (Å²) in [4.78, 5) is 29.4. The molecule has 0 unspecified atom stereocenters. The molecule has 1 saturated carbocycles. The Morgan fingerprint density at radius 1 is 1.08 bits per heavy atom. The molecule has 0 radical (unpaired) electrons. The fraction of sp³-hybridized carbons (Fsp3) is 0.400. The lowest BCUT2D eigenvalue weighted by Crippen LogP contribution is -2.40. The number of hydrogen-bond acceptors (Lipinski definition) is 7. The van der Waals surface area contributed by atoms with Crippen LogP contribution in [0, 0.1) is 5.92 Å². The van der Waals surface area contributed by atoms with Crippen molar-refractivity contribution in [3.8, 4) is 28.8 Å². The molecule has 0 aromatic carbocycles. The van der Waals surface area contributed by atoms with Gasteiger partial charge in [0.25, 0.3) is 11.8 Å².